The van der Waals surface area contributed by atoms with E-state index in [1.807, 2.05) is 0 Å². The van der Waals surface area contributed by atoms with Crippen molar-refractivity contribution in [1.82, 2.24) is 15.0 Å². The minimum atomic E-state index is -0.593. The number of methoxy groups -OCH3 is 5. The van der Waals surface area contributed by atoms with E-state index in [9.17, 15) is 24.3 Å². The van der Waals surface area contributed by atoms with Crippen molar-refractivity contribution in [3.05, 3.63) is 134 Å². The van der Waals surface area contributed by atoms with Gasteiger partial charge in [-0.25, -0.2) is 19.4 Å². The quantitative estimate of drug-likeness (QED) is 0.0946. The van der Waals surface area contributed by atoms with Crippen molar-refractivity contribution in [3.8, 4) is 34.5 Å². The number of rotatable bonds is 5. The van der Waals surface area contributed by atoms with Crippen LogP contribution in [0.15, 0.2) is 121 Å². The SMILES string of the molecule is COC(=O)c1cc(OC)ccc1N.COc1cnc2c(c1)oc(=O)c1cc(OC)ccc12.COc1cncc(O)c1.O=c1ccc2c(c1)c(=O)oc1cc(O)c[nH]c12. The topological polar surface area (TPSA) is 249 Å². The van der Waals surface area contributed by atoms with Crippen LogP contribution in [0.2, 0.25) is 0 Å². The summed E-state index contributed by atoms with van der Waals surface area (Å²) in [5, 5.41) is 20.1. The number of aromatic hydroxyl groups is 2. The zero-order valence-electron chi connectivity index (χ0n) is 31.6. The number of hydrogen-bond donors (Lipinski definition) is 4. The van der Waals surface area contributed by atoms with E-state index in [1.54, 1.807) is 61.8 Å². The third-order valence-corrected chi connectivity index (χ3v) is 8.14. The van der Waals surface area contributed by atoms with Crippen LogP contribution in [-0.4, -0.2) is 66.7 Å². The number of aromatic nitrogens is 3. The summed E-state index contributed by atoms with van der Waals surface area (Å²) >= 11 is 0. The first-order chi connectivity index (χ1) is 27.9. The molecule has 298 valence electrons. The fraction of sp³-hybridized carbons (Fsp3) is 0.122. The summed E-state index contributed by atoms with van der Waals surface area (Å²) in [7, 11) is 7.43. The van der Waals surface area contributed by atoms with Crippen molar-refractivity contribution in [1.29, 1.82) is 0 Å². The Morgan fingerprint density at radius 2 is 1.26 bits per heavy atom. The molecule has 0 radical (unpaired) electrons. The Kier molecular flexibility index (Phi) is 13.1. The normalized spacial score (nSPS) is 10.3. The molecule has 0 amide bonds. The van der Waals surface area contributed by atoms with Gasteiger partial charge in [0.25, 0.3) is 0 Å². The number of anilines is 1. The first-order valence-corrected chi connectivity index (χ1v) is 16.8. The molecule has 17 heteroatoms. The fourth-order valence-electron chi connectivity index (χ4n) is 5.29. The zero-order valence-corrected chi connectivity index (χ0v) is 31.6. The van der Waals surface area contributed by atoms with Crippen LogP contribution >= 0.6 is 0 Å². The van der Waals surface area contributed by atoms with E-state index < -0.39 is 17.2 Å². The highest BCUT2D eigenvalue weighted by atomic mass is 16.5. The second kappa shape index (κ2) is 18.5. The lowest BCUT2D eigenvalue weighted by Gasteiger charge is -2.05. The number of esters is 1. The molecule has 5 N–H and O–H groups in total. The number of nitrogens with zero attached hydrogens (tertiary/aromatic N) is 2. The maximum atomic E-state index is 12.0. The Bertz CT molecular complexity index is 2920. The summed E-state index contributed by atoms with van der Waals surface area (Å²) in [6, 6.07) is 18.7. The van der Waals surface area contributed by atoms with E-state index in [0.29, 0.717) is 61.6 Å². The van der Waals surface area contributed by atoms with Gasteiger partial charge in [0.15, 0.2) is 16.6 Å². The molecule has 5 heterocycles. The summed E-state index contributed by atoms with van der Waals surface area (Å²) in [5.41, 5.74) is 6.85. The molecule has 0 aliphatic rings. The first kappa shape index (κ1) is 41.1. The van der Waals surface area contributed by atoms with Gasteiger partial charge in [-0.15, -0.1) is 0 Å². The number of benzene rings is 3. The number of nitrogens with two attached hydrogens (primary N) is 1. The van der Waals surface area contributed by atoms with Gasteiger partial charge in [0.1, 0.15) is 40.0 Å². The third kappa shape index (κ3) is 9.58. The maximum absolute atomic E-state index is 12.0. The average molecular weight is 793 g/mol. The molecule has 0 fully saturated rings. The maximum Gasteiger partial charge on any atom is 0.344 e. The molecule has 5 aromatic heterocycles. The van der Waals surface area contributed by atoms with Gasteiger partial charge in [-0.3, -0.25) is 9.78 Å². The molecule has 0 unspecified atom stereocenters. The van der Waals surface area contributed by atoms with Crippen LogP contribution in [0.3, 0.4) is 0 Å². The second-order valence-electron chi connectivity index (χ2n) is 11.7. The average Bonchev–Trinajstić information content (AvgIpc) is 3.24. The predicted octanol–water partition coefficient (Wildman–Crippen LogP) is 5.56. The molecule has 0 spiro atoms. The Morgan fingerprint density at radius 3 is 1.91 bits per heavy atom. The fourth-order valence-corrected chi connectivity index (χ4v) is 5.29. The van der Waals surface area contributed by atoms with Crippen molar-refractivity contribution >= 4 is 55.4 Å². The molecule has 0 atom stereocenters. The molecule has 0 aliphatic carbocycles. The van der Waals surface area contributed by atoms with E-state index in [2.05, 4.69) is 19.7 Å². The van der Waals surface area contributed by atoms with Crippen LogP contribution in [0.25, 0.3) is 43.7 Å². The summed E-state index contributed by atoms with van der Waals surface area (Å²) in [5.74, 6) is 1.92. The van der Waals surface area contributed by atoms with E-state index in [-0.39, 0.29) is 27.9 Å². The van der Waals surface area contributed by atoms with Crippen molar-refractivity contribution < 1.29 is 47.5 Å². The first-order valence-electron chi connectivity index (χ1n) is 16.8. The van der Waals surface area contributed by atoms with Gasteiger partial charge in [-0.05, 0) is 48.5 Å². The van der Waals surface area contributed by atoms with Gasteiger partial charge < -0.3 is 53.4 Å². The molecular weight excluding hydrogens is 756 g/mol. The molecule has 17 nitrogen and oxygen atoms in total. The van der Waals surface area contributed by atoms with Crippen LogP contribution in [0.4, 0.5) is 5.69 Å². The van der Waals surface area contributed by atoms with Crippen LogP contribution in [0.5, 0.6) is 34.5 Å². The van der Waals surface area contributed by atoms with Gasteiger partial charge >= 0.3 is 17.2 Å². The Labute approximate surface area is 327 Å². The smallest absolute Gasteiger partial charge is 0.344 e. The lowest BCUT2D eigenvalue weighted by molar-refractivity contribution is 0.0601. The van der Waals surface area contributed by atoms with Gasteiger partial charge in [-0.2, -0.15) is 0 Å². The minimum Gasteiger partial charge on any atom is -0.506 e. The Morgan fingerprint density at radius 1 is 0.638 bits per heavy atom. The number of carbonyl (C=O) groups is 1. The van der Waals surface area contributed by atoms with Crippen LogP contribution < -0.4 is 41.4 Å². The van der Waals surface area contributed by atoms with Crippen molar-refractivity contribution in [2.24, 2.45) is 0 Å². The number of pyridine rings is 3. The van der Waals surface area contributed by atoms with Crippen LogP contribution in [-0.2, 0) is 4.74 Å². The van der Waals surface area contributed by atoms with E-state index in [0.717, 1.165) is 5.39 Å². The summed E-state index contributed by atoms with van der Waals surface area (Å²) in [4.78, 5) is 56.7. The number of carbonyl (C=O) groups excluding carboxylic acids is 1. The van der Waals surface area contributed by atoms with Gasteiger partial charge in [0.2, 0.25) is 0 Å². The molecule has 0 saturated heterocycles. The molecule has 0 aliphatic heterocycles. The standard InChI is InChI=1S/C14H11NO4.C12H7NO4.C9H11NO3.C6H7NO2/c1-17-8-3-4-10-11(5-8)14(16)19-12-6-9(18-2)7-15-13(10)12;14-6-1-2-8-9(3-6)12(16)17-10-4-7(15)5-13-11(8)10;1-12-6-3-4-8(10)7(5-6)9(11)13-2;1-9-6-2-5(8)3-7-4-6/h3-7H,1-2H3;1-5,13,15H;3-5H,10H2,1-2H3;2-4,8H,1H3. The summed E-state index contributed by atoms with van der Waals surface area (Å²) < 4.78 is 34.7. The van der Waals surface area contributed by atoms with Gasteiger partial charge in [-0.1, -0.05) is 0 Å². The highest BCUT2D eigenvalue weighted by molar-refractivity contribution is 6.03. The van der Waals surface area contributed by atoms with Crippen molar-refractivity contribution in [3.63, 3.8) is 0 Å². The van der Waals surface area contributed by atoms with Crippen LogP contribution in [0.1, 0.15) is 10.4 Å². The third-order valence-electron chi connectivity index (χ3n) is 8.14. The number of fused-ring (bicyclic) bond motifs is 6. The Hall–Kier alpha value is -8.08. The number of nitrogens with one attached hydrogen (secondary N) is 1. The van der Waals surface area contributed by atoms with Crippen LogP contribution in [0, 0.1) is 0 Å². The molecule has 0 saturated carbocycles. The number of aromatic amines is 1. The highest BCUT2D eigenvalue weighted by Crippen LogP contribution is 2.27. The zero-order chi connectivity index (χ0) is 41.9. The number of H-pyrrole nitrogens is 1. The number of nitrogen functional groups attached to an aromatic ring is 1. The van der Waals surface area contributed by atoms with E-state index in [1.165, 1.54) is 71.3 Å². The van der Waals surface area contributed by atoms with Crippen molar-refractivity contribution in [2.45, 2.75) is 0 Å². The number of ether oxygens (including phenoxy) is 5. The molecular formula is C41H36N4O13. The highest BCUT2D eigenvalue weighted by Gasteiger charge is 2.12. The lowest BCUT2D eigenvalue weighted by atomic mass is 10.1. The molecule has 58 heavy (non-hydrogen) atoms. The van der Waals surface area contributed by atoms with E-state index >= 15 is 0 Å². The summed E-state index contributed by atoms with van der Waals surface area (Å²) in [6.07, 6.45) is 5.85. The van der Waals surface area contributed by atoms with E-state index in [4.69, 9.17) is 38.6 Å². The molecule has 8 rings (SSSR count). The monoisotopic (exact) mass is 792 g/mol. The minimum absolute atomic E-state index is 0.0274. The summed E-state index contributed by atoms with van der Waals surface area (Å²) in [6.45, 7) is 0. The van der Waals surface area contributed by atoms with Gasteiger partial charge in [0.05, 0.1) is 76.0 Å². The Balaban J connectivity index is 0.000000152. The molecule has 8 aromatic rings. The lowest BCUT2D eigenvalue weighted by Crippen LogP contribution is -2.05. The molecule has 0 bridgehead atoms. The van der Waals surface area contributed by atoms with Crippen molar-refractivity contribution in [2.75, 3.05) is 41.3 Å². The predicted molar refractivity (Wildman–Crippen MR) is 214 cm³/mol. The second-order valence-corrected chi connectivity index (χ2v) is 11.7. The van der Waals surface area contributed by atoms with Gasteiger partial charge in [0, 0.05) is 46.9 Å². The molecule has 3 aromatic carbocycles. The number of hydrogen-bond acceptors (Lipinski definition) is 16. The largest absolute Gasteiger partial charge is 0.506 e.